The molecule has 0 spiro atoms. The van der Waals surface area contributed by atoms with Gasteiger partial charge in [-0.3, -0.25) is 0 Å². The third-order valence-corrected chi connectivity index (χ3v) is 3.01. The van der Waals surface area contributed by atoms with Crippen LogP contribution in [0.4, 0.5) is 5.69 Å². The van der Waals surface area contributed by atoms with E-state index in [-0.39, 0.29) is 6.10 Å². The van der Waals surface area contributed by atoms with Crippen molar-refractivity contribution in [1.82, 2.24) is 5.32 Å². The molecule has 1 atom stereocenters. The third-order valence-electron chi connectivity index (χ3n) is 3.01. The molecular weight excluding hydrogens is 212 g/mol. The van der Waals surface area contributed by atoms with Gasteiger partial charge in [0.25, 0.3) is 0 Å². The zero-order valence-corrected chi connectivity index (χ0v) is 11.3. The van der Waals surface area contributed by atoms with Gasteiger partial charge in [-0.2, -0.15) is 0 Å². The maximum atomic E-state index is 9.83. The monoisotopic (exact) mass is 236 g/mol. The van der Waals surface area contributed by atoms with Crippen LogP contribution in [0.2, 0.25) is 0 Å². The number of aliphatic hydroxyl groups is 1. The summed E-state index contributed by atoms with van der Waals surface area (Å²) in [6.07, 6.45) is 0.679. The molecule has 3 heteroatoms. The van der Waals surface area contributed by atoms with Gasteiger partial charge < -0.3 is 15.3 Å². The number of likely N-dealkylation sites (N-methyl/N-ethyl adjacent to an activating group) is 2. The lowest BCUT2D eigenvalue weighted by atomic mass is 10.0. The van der Waals surface area contributed by atoms with Crippen molar-refractivity contribution in [3.63, 3.8) is 0 Å². The molecule has 1 rings (SSSR count). The fourth-order valence-electron chi connectivity index (χ4n) is 2.26. The van der Waals surface area contributed by atoms with Crippen molar-refractivity contribution < 1.29 is 5.11 Å². The lowest BCUT2D eigenvalue weighted by Crippen LogP contribution is -2.36. The van der Waals surface area contributed by atoms with Crippen LogP contribution in [0.25, 0.3) is 0 Å². The predicted molar refractivity (Wildman–Crippen MR) is 73.8 cm³/mol. The van der Waals surface area contributed by atoms with Gasteiger partial charge in [-0.15, -0.1) is 0 Å². The third kappa shape index (κ3) is 3.72. The van der Waals surface area contributed by atoms with Gasteiger partial charge in [0.15, 0.2) is 0 Å². The molecule has 0 aliphatic heterocycles. The molecule has 0 saturated heterocycles. The first-order chi connectivity index (χ1) is 8.10. The fraction of sp³-hybridized carbons (Fsp3) is 0.571. The van der Waals surface area contributed by atoms with Gasteiger partial charge in [-0.05, 0) is 31.5 Å². The maximum absolute atomic E-state index is 9.83. The highest BCUT2D eigenvalue weighted by molar-refractivity contribution is 5.59. The number of aliphatic hydroxyl groups excluding tert-OH is 1. The molecule has 1 aromatic rings. The number of anilines is 1. The van der Waals surface area contributed by atoms with Crippen molar-refractivity contribution >= 4 is 5.69 Å². The van der Waals surface area contributed by atoms with E-state index in [1.165, 1.54) is 16.8 Å². The summed E-state index contributed by atoms with van der Waals surface area (Å²) in [7, 11) is 3.90. The smallest absolute Gasteiger partial charge is 0.0838 e. The summed E-state index contributed by atoms with van der Waals surface area (Å²) < 4.78 is 0. The standard InChI is InChI=1S/C14H24N2O/c1-5-12-8-6-7-11(2)14(12)16(4)10-13(17)9-15-3/h6-8,13,15,17H,5,9-10H2,1-4H3. The van der Waals surface area contributed by atoms with E-state index in [1.54, 1.807) is 0 Å². The van der Waals surface area contributed by atoms with E-state index >= 15 is 0 Å². The Morgan fingerprint density at radius 1 is 1.41 bits per heavy atom. The molecule has 1 unspecified atom stereocenters. The first-order valence-electron chi connectivity index (χ1n) is 6.22. The summed E-state index contributed by atoms with van der Waals surface area (Å²) in [5.74, 6) is 0. The summed E-state index contributed by atoms with van der Waals surface area (Å²) in [6.45, 7) is 5.56. The Morgan fingerprint density at radius 3 is 2.71 bits per heavy atom. The number of hydrogen-bond acceptors (Lipinski definition) is 3. The quantitative estimate of drug-likeness (QED) is 0.787. The van der Waals surface area contributed by atoms with Crippen molar-refractivity contribution in [2.24, 2.45) is 0 Å². The number of para-hydroxylation sites is 1. The van der Waals surface area contributed by atoms with Crippen LogP contribution >= 0.6 is 0 Å². The number of rotatable bonds is 6. The molecule has 1 aromatic carbocycles. The molecule has 0 heterocycles. The maximum Gasteiger partial charge on any atom is 0.0838 e. The number of benzene rings is 1. The molecule has 0 fully saturated rings. The molecule has 0 aliphatic rings. The van der Waals surface area contributed by atoms with Crippen LogP contribution in [0.5, 0.6) is 0 Å². The summed E-state index contributed by atoms with van der Waals surface area (Å²) >= 11 is 0. The second-order valence-electron chi connectivity index (χ2n) is 4.53. The Balaban J connectivity index is 2.84. The molecule has 96 valence electrons. The first kappa shape index (κ1) is 14.0. The molecule has 0 saturated carbocycles. The highest BCUT2D eigenvalue weighted by atomic mass is 16.3. The number of hydrogen-bond donors (Lipinski definition) is 2. The lowest BCUT2D eigenvalue weighted by molar-refractivity contribution is 0.181. The Morgan fingerprint density at radius 2 is 2.12 bits per heavy atom. The average Bonchev–Trinajstić information content (AvgIpc) is 2.28. The zero-order chi connectivity index (χ0) is 12.8. The Kier molecular flexibility index (Phi) is 5.45. The van der Waals surface area contributed by atoms with Crippen LogP contribution in [-0.2, 0) is 6.42 Å². The average molecular weight is 236 g/mol. The number of aryl methyl sites for hydroxylation is 2. The van der Waals surface area contributed by atoms with Crippen LogP contribution in [0.15, 0.2) is 18.2 Å². The van der Waals surface area contributed by atoms with E-state index in [0.717, 1.165) is 6.42 Å². The molecule has 0 amide bonds. The van der Waals surface area contributed by atoms with Crippen molar-refractivity contribution in [3.8, 4) is 0 Å². The molecular formula is C14H24N2O. The van der Waals surface area contributed by atoms with Gasteiger partial charge in [0.1, 0.15) is 0 Å². The highest BCUT2D eigenvalue weighted by Gasteiger charge is 2.12. The molecule has 0 radical (unpaired) electrons. The first-order valence-corrected chi connectivity index (χ1v) is 6.22. The Bertz CT molecular complexity index is 352. The molecule has 0 bridgehead atoms. The summed E-state index contributed by atoms with van der Waals surface area (Å²) in [5, 5.41) is 12.8. The van der Waals surface area contributed by atoms with Gasteiger partial charge in [0.2, 0.25) is 0 Å². The van der Waals surface area contributed by atoms with E-state index in [2.05, 4.69) is 42.3 Å². The molecule has 0 aromatic heterocycles. The van der Waals surface area contributed by atoms with E-state index in [9.17, 15) is 5.11 Å². The number of nitrogens with zero attached hydrogens (tertiary/aromatic N) is 1. The van der Waals surface area contributed by atoms with Crippen LogP contribution in [0.1, 0.15) is 18.1 Å². The molecule has 2 N–H and O–H groups in total. The van der Waals surface area contributed by atoms with E-state index in [4.69, 9.17) is 0 Å². The minimum absolute atomic E-state index is 0.339. The van der Waals surface area contributed by atoms with E-state index in [0.29, 0.717) is 13.1 Å². The van der Waals surface area contributed by atoms with Gasteiger partial charge in [0.05, 0.1) is 6.10 Å². The van der Waals surface area contributed by atoms with Gasteiger partial charge in [-0.1, -0.05) is 25.1 Å². The van der Waals surface area contributed by atoms with Crippen LogP contribution < -0.4 is 10.2 Å². The Labute approximate surface area is 104 Å². The second-order valence-corrected chi connectivity index (χ2v) is 4.53. The minimum Gasteiger partial charge on any atom is -0.390 e. The van der Waals surface area contributed by atoms with Crippen LogP contribution in [-0.4, -0.2) is 38.4 Å². The predicted octanol–water partition coefficient (Wildman–Crippen LogP) is 1.57. The van der Waals surface area contributed by atoms with Crippen molar-refractivity contribution in [2.45, 2.75) is 26.4 Å². The summed E-state index contributed by atoms with van der Waals surface area (Å²) in [5.41, 5.74) is 3.86. The van der Waals surface area contributed by atoms with Crippen molar-refractivity contribution in [3.05, 3.63) is 29.3 Å². The zero-order valence-electron chi connectivity index (χ0n) is 11.3. The van der Waals surface area contributed by atoms with Crippen molar-refractivity contribution in [2.75, 3.05) is 32.1 Å². The highest BCUT2D eigenvalue weighted by Crippen LogP contribution is 2.24. The normalized spacial score (nSPS) is 12.5. The van der Waals surface area contributed by atoms with Gasteiger partial charge in [-0.25, -0.2) is 0 Å². The van der Waals surface area contributed by atoms with Crippen LogP contribution in [0, 0.1) is 6.92 Å². The van der Waals surface area contributed by atoms with E-state index < -0.39 is 0 Å². The SMILES string of the molecule is CCc1cccc(C)c1N(C)CC(O)CNC. The Hall–Kier alpha value is -1.06. The van der Waals surface area contributed by atoms with Gasteiger partial charge in [0, 0.05) is 25.8 Å². The fourth-order valence-corrected chi connectivity index (χ4v) is 2.26. The molecule has 0 aliphatic carbocycles. The lowest BCUT2D eigenvalue weighted by Gasteiger charge is -2.26. The van der Waals surface area contributed by atoms with Crippen LogP contribution in [0.3, 0.4) is 0 Å². The minimum atomic E-state index is -0.339. The van der Waals surface area contributed by atoms with Crippen molar-refractivity contribution in [1.29, 1.82) is 0 Å². The molecule has 17 heavy (non-hydrogen) atoms. The largest absolute Gasteiger partial charge is 0.390 e. The van der Waals surface area contributed by atoms with Gasteiger partial charge >= 0.3 is 0 Å². The molecule has 3 nitrogen and oxygen atoms in total. The topological polar surface area (TPSA) is 35.5 Å². The second kappa shape index (κ2) is 6.62. The summed E-state index contributed by atoms with van der Waals surface area (Å²) in [6, 6.07) is 6.37. The summed E-state index contributed by atoms with van der Waals surface area (Å²) in [4.78, 5) is 2.15. The van der Waals surface area contributed by atoms with E-state index in [1.807, 2.05) is 14.1 Å². The number of nitrogens with one attached hydrogen (secondary N) is 1.